The smallest absolute Gasteiger partial charge is 0.330 e. The van der Waals surface area contributed by atoms with Crippen LogP contribution in [0.15, 0.2) is 27.8 Å². The number of imidazole rings is 1. The Kier molecular flexibility index (Phi) is 4.60. The summed E-state index contributed by atoms with van der Waals surface area (Å²) in [6.07, 6.45) is 5.10. The SMILES string of the molecule is Nc1ccc(CCn2c(=O)[nH]c3nc(C4CCCC4)[nH]c3c2=O)cc1I. The first kappa shape index (κ1) is 17.3. The van der Waals surface area contributed by atoms with Crippen molar-refractivity contribution in [1.29, 1.82) is 0 Å². The lowest BCUT2D eigenvalue weighted by Crippen LogP contribution is -2.35. The number of hydrogen-bond acceptors (Lipinski definition) is 4. The second kappa shape index (κ2) is 6.90. The van der Waals surface area contributed by atoms with Gasteiger partial charge in [0, 0.05) is 21.7 Å². The number of H-pyrrole nitrogens is 2. The van der Waals surface area contributed by atoms with Crippen LogP contribution in [0.25, 0.3) is 11.2 Å². The number of nitrogen functional groups attached to an aromatic ring is 1. The minimum absolute atomic E-state index is 0.307. The molecule has 1 aliphatic rings. The molecule has 0 spiro atoms. The maximum absolute atomic E-state index is 12.8. The summed E-state index contributed by atoms with van der Waals surface area (Å²) in [5.41, 5.74) is 7.61. The van der Waals surface area contributed by atoms with E-state index in [2.05, 4.69) is 37.5 Å². The first-order valence-corrected chi connectivity index (χ1v) is 9.87. The molecule has 136 valence electrons. The lowest BCUT2D eigenvalue weighted by molar-refractivity contribution is 0.635. The van der Waals surface area contributed by atoms with Crippen molar-refractivity contribution in [1.82, 2.24) is 19.5 Å². The highest BCUT2D eigenvalue weighted by Crippen LogP contribution is 2.32. The first-order valence-electron chi connectivity index (χ1n) is 8.79. The van der Waals surface area contributed by atoms with Crippen LogP contribution in [-0.4, -0.2) is 19.5 Å². The van der Waals surface area contributed by atoms with Crippen LogP contribution in [0.1, 0.15) is 43.0 Å². The number of hydrogen-bond donors (Lipinski definition) is 3. The van der Waals surface area contributed by atoms with E-state index >= 15 is 0 Å². The fourth-order valence-electron chi connectivity index (χ4n) is 3.60. The molecule has 0 radical (unpaired) electrons. The van der Waals surface area contributed by atoms with Gasteiger partial charge in [0.1, 0.15) is 11.3 Å². The number of fused-ring (bicyclic) bond motifs is 1. The lowest BCUT2D eigenvalue weighted by atomic mass is 10.1. The number of benzene rings is 1. The predicted octanol–water partition coefficient (Wildman–Crippen LogP) is 2.50. The number of aryl methyl sites for hydroxylation is 1. The lowest BCUT2D eigenvalue weighted by Gasteiger charge is -2.06. The molecule has 2 heterocycles. The molecule has 1 saturated carbocycles. The van der Waals surface area contributed by atoms with Crippen molar-refractivity contribution in [3.05, 3.63) is 54.0 Å². The van der Waals surface area contributed by atoms with E-state index in [1.54, 1.807) is 0 Å². The molecule has 4 rings (SSSR count). The van der Waals surface area contributed by atoms with E-state index in [4.69, 9.17) is 5.73 Å². The van der Waals surface area contributed by atoms with E-state index in [1.165, 1.54) is 17.4 Å². The van der Waals surface area contributed by atoms with E-state index in [0.717, 1.165) is 33.5 Å². The number of nitrogens with one attached hydrogen (secondary N) is 2. The fraction of sp³-hybridized carbons (Fsp3) is 0.389. The van der Waals surface area contributed by atoms with E-state index < -0.39 is 5.69 Å². The highest BCUT2D eigenvalue weighted by Gasteiger charge is 2.22. The van der Waals surface area contributed by atoms with Gasteiger partial charge in [-0.1, -0.05) is 18.9 Å². The van der Waals surface area contributed by atoms with E-state index in [9.17, 15) is 9.59 Å². The van der Waals surface area contributed by atoms with Crippen LogP contribution < -0.4 is 17.0 Å². The first-order chi connectivity index (χ1) is 12.5. The predicted molar refractivity (Wildman–Crippen MR) is 109 cm³/mol. The molecule has 0 atom stereocenters. The number of aromatic amines is 2. The normalized spacial score (nSPS) is 15.1. The van der Waals surface area contributed by atoms with Crippen molar-refractivity contribution in [2.75, 3.05) is 5.73 Å². The van der Waals surface area contributed by atoms with Crippen LogP contribution >= 0.6 is 22.6 Å². The number of rotatable bonds is 4. The monoisotopic (exact) mass is 465 g/mol. The molecule has 0 aliphatic heterocycles. The van der Waals surface area contributed by atoms with Gasteiger partial charge in [-0.15, -0.1) is 0 Å². The number of halogens is 1. The van der Waals surface area contributed by atoms with E-state index in [-0.39, 0.29) is 5.56 Å². The van der Waals surface area contributed by atoms with Gasteiger partial charge in [0.15, 0.2) is 5.65 Å². The molecule has 0 bridgehead atoms. The molecule has 2 aromatic heterocycles. The van der Waals surface area contributed by atoms with Crippen molar-refractivity contribution in [3.63, 3.8) is 0 Å². The summed E-state index contributed by atoms with van der Waals surface area (Å²) in [6.45, 7) is 0.307. The van der Waals surface area contributed by atoms with Gasteiger partial charge in [-0.25, -0.2) is 9.78 Å². The largest absolute Gasteiger partial charge is 0.398 e. The Labute approximate surface area is 163 Å². The van der Waals surface area contributed by atoms with E-state index in [0.29, 0.717) is 30.0 Å². The number of nitrogens with zero attached hydrogens (tertiary/aromatic N) is 2. The minimum Gasteiger partial charge on any atom is -0.398 e. The second-order valence-corrected chi connectivity index (χ2v) is 7.98. The Balaban J connectivity index is 1.65. The molecule has 26 heavy (non-hydrogen) atoms. The summed E-state index contributed by atoms with van der Waals surface area (Å²) in [5, 5.41) is 0. The molecule has 0 amide bonds. The van der Waals surface area contributed by atoms with Gasteiger partial charge in [-0.3, -0.25) is 14.3 Å². The molecule has 0 saturated heterocycles. The molecular formula is C18H20IN5O2. The number of aromatic nitrogens is 4. The molecule has 1 aliphatic carbocycles. The molecule has 1 fully saturated rings. The summed E-state index contributed by atoms with van der Waals surface area (Å²) in [7, 11) is 0. The molecule has 1 aromatic carbocycles. The van der Waals surface area contributed by atoms with E-state index in [1.807, 2.05) is 18.2 Å². The molecule has 8 heteroatoms. The second-order valence-electron chi connectivity index (χ2n) is 6.82. The van der Waals surface area contributed by atoms with Crippen molar-refractivity contribution >= 4 is 39.4 Å². The fourth-order valence-corrected chi connectivity index (χ4v) is 4.18. The Hall–Kier alpha value is -2.10. The molecule has 0 unspecified atom stereocenters. The average molecular weight is 465 g/mol. The van der Waals surface area contributed by atoms with Crippen molar-refractivity contribution in [2.24, 2.45) is 0 Å². The van der Waals surface area contributed by atoms with Gasteiger partial charge in [0.2, 0.25) is 0 Å². The van der Waals surface area contributed by atoms with Gasteiger partial charge in [-0.2, -0.15) is 0 Å². The standard InChI is InChI=1S/C18H20IN5O2/c19-12-9-10(5-6-13(12)20)7-8-24-17(25)14-16(23-18(24)26)22-15(21-14)11-3-1-2-4-11/h5-6,9,11H,1-4,7-8,20H2,(H,21,22)(H,23,26). The average Bonchev–Trinajstić information content (AvgIpc) is 3.27. The van der Waals surface area contributed by atoms with Crippen LogP contribution in [0, 0.1) is 3.57 Å². The number of anilines is 1. The Morgan fingerprint density at radius 1 is 1.23 bits per heavy atom. The van der Waals surface area contributed by atoms with Crippen LogP contribution in [-0.2, 0) is 13.0 Å². The van der Waals surface area contributed by atoms with Crippen molar-refractivity contribution in [2.45, 2.75) is 44.6 Å². The van der Waals surface area contributed by atoms with Crippen LogP contribution in [0.3, 0.4) is 0 Å². The zero-order chi connectivity index (χ0) is 18.3. The molecule has 7 nitrogen and oxygen atoms in total. The molecule has 3 aromatic rings. The summed E-state index contributed by atoms with van der Waals surface area (Å²) in [4.78, 5) is 35.5. The van der Waals surface area contributed by atoms with Gasteiger partial charge in [-0.05, 0) is 59.5 Å². The topological polar surface area (TPSA) is 110 Å². The summed E-state index contributed by atoms with van der Waals surface area (Å²) < 4.78 is 2.20. The maximum Gasteiger partial charge on any atom is 0.330 e. The third-order valence-electron chi connectivity index (χ3n) is 5.08. The Morgan fingerprint density at radius 2 is 2.00 bits per heavy atom. The van der Waals surface area contributed by atoms with Crippen LogP contribution in [0.5, 0.6) is 0 Å². The summed E-state index contributed by atoms with van der Waals surface area (Å²) in [6, 6.07) is 5.74. The Morgan fingerprint density at radius 3 is 2.73 bits per heavy atom. The number of nitrogens with two attached hydrogens (primary N) is 1. The third kappa shape index (κ3) is 3.17. The van der Waals surface area contributed by atoms with Crippen molar-refractivity contribution in [3.8, 4) is 0 Å². The van der Waals surface area contributed by atoms with Gasteiger partial charge in [0.25, 0.3) is 5.56 Å². The zero-order valence-corrected chi connectivity index (χ0v) is 16.4. The van der Waals surface area contributed by atoms with Crippen molar-refractivity contribution < 1.29 is 0 Å². The molecule has 4 N–H and O–H groups in total. The quantitative estimate of drug-likeness (QED) is 0.406. The third-order valence-corrected chi connectivity index (χ3v) is 6.02. The zero-order valence-electron chi connectivity index (χ0n) is 14.2. The van der Waals surface area contributed by atoms with Gasteiger partial charge < -0.3 is 10.7 Å². The summed E-state index contributed by atoms with van der Waals surface area (Å²) in [5.74, 6) is 1.17. The van der Waals surface area contributed by atoms with Crippen LogP contribution in [0.2, 0.25) is 0 Å². The highest BCUT2D eigenvalue weighted by molar-refractivity contribution is 14.1. The van der Waals surface area contributed by atoms with Gasteiger partial charge in [0.05, 0.1) is 0 Å². The summed E-state index contributed by atoms with van der Waals surface area (Å²) >= 11 is 2.18. The highest BCUT2D eigenvalue weighted by atomic mass is 127. The maximum atomic E-state index is 12.8. The van der Waals surface area contributed by atoms with Crippen LogP contribution in [0.4, 0.5) is 5.69 Å². The Bertz CT molecular complexity index is 1080. The van der Waals surface area contributed by atoms with Gasteiger partial charge >= 0.3 is 5.69 Å². The minimum atomic E-state index is -0.419. The molecular weight excluding hydrogens is 445 g/mol.